The van der Waals surface area contributed by atoms with Gasteiger partial charge in [-0.2, -0.15) is 0 Å². The fraction of sp³-hybridized carbons (Fsp3) is 0.538. The van der Waals surface area contributed by atoms with Gasteiger partial charge in [0.15, 0.2) is 11.5 Å². The van der Waals surface area contributed by atoms with Gasteiger partial charge in [-0.05, 0) is 13.1 Å². The highest BCUT2D eigenvalue weighted by Gasteiger charge is 2.27. The van der Waals surface area contributed by atoms with Gasteiger partial charge >= 0.3 is 0 Å². The van der Waals surface area contributed by atoms with Gasteiger partial charge < -0.3 is 20.3 Å². The van der Waals surface area contributed by atoms with E-state index in [0.29, 0.717) is 11.5 Å². The summed E-state index contributed by atoms with van der Waals surface area (Å²) in [6.45, 7) is 1.67. The van der Waals surface area contributed by atoms with Gasteiger partial charge in [0.2, 0.25) is 0 Å². The number of rotatable bonds is 5. The molecule has 2 rings (SSSR count). The molecular weight excluding hydrogens is 232 g/mol. The predicted molar refractivity (Wildman–Crippen MR) is 68.9 cm³/mol. The number of likely N-dealkylation sites (tertiary alicyclic amines) is 1. The second-order valence-corrected chi connectivity index (χ2v) is 4.63. The number of hydrogen-bond acceptors (Lipinski definition) is 5. The van der Waals surface area contributed by atoms with Crippen LogP contribution in [0, 0.1) is 0 Å². The molecule has 0 amide bonds. The second kappa shape index (κ2) is 5.56. The van der Waals surface area contributed by atoms with E-state index in [0.717, 1.165) is 18.7 Å². The summed E-state index contributed by atoms with van der Waals surface area (Å²) in [5.41, 5.74) is 6.67. The van der Waals surface area contributed by atoms with Gasteiger partial charge in [-0.1, -0.05) is 12.1 Å². The van der Waals surface area contributed by atoms with Crippen molar-refractivity contribution in [1.29, 1.82) is 0 Å². The minimum atomic E-state index is -0.451. The molecular formula is C13H20N2O3. The van der Waals surface area contributed by atoms with Crippen LogP contribution in [0.25, 0.3) is 0 Å². The summed E-state index contributed by atoms with van der Waals surface area (Å²) in [5.74, 6) is 1.31. The van der Waals surface area contributed by atoms with Crippen molar-refractivity contribution in [3.05, 3.63) is 23.8 Å². The van der Waals surface area contributed by atoms with E-state index in [1.54, 1.807) is 7.11 Å². The number of aliphatic hydroxyl groups is 1. The van der Waals surface area contributed by atoms with Crippen molar-refractivity contribution in [1.82, 2.24) is 4.90 Å². The fourth-order valence-corrected chi connectivity index (χ4v) is 2.09. The average Bonchev–Trinajstić information content (AvgIpc) is 2.36. The highest BCUT2D eigenvalue weighted by atomic mass is 16.5. The molecule has 1 atom stereocenters. The van der Waals surface area contributed by atoms with Crippen LogP contribution in [0.2, 0.25) is 0 Å². The van der Waals surface area contributed by atoms with Crippen LogP contribution in [0.4, 0.5) is 0 Å². The summed E-state index contributed by atoms with van der Waals surface area (Å²) in [4.78, 5) is 2.17. The summed E-state index contributed by atoms with van der Waals surface area (Å²) >= 11 is 0. The number of para-hydroxylation sites is 1. The molecule has 0 saturated carbocycles. The van der Waals surface area contributed by atoms with Crippen molar-refractivity contribution in [2.24, 2.45) is 5.73 Å². The SMILES string of the molecule is COc1cccc(C(N)CO)c1OC1CN(C)C1. The molecule has 0 aromatic heterocycles. The molecule has 0 radical (unpaired) electrons. The van der Waals surface area contributed by atoms with Gasteiger partial charge in [-0.15, -0.1) is 0 Å². The Hall–Kier alpha value is -1.30. The third-order valence-corrected chi connectivity index (χ3v) is 3.14. The van der Waals surface area contributed by atoms with Gasteiger partial charge in [-0.3, -0.25) is 4.90 Å². The van der Waals surface area contributed by atoms with Gasteiger partial charge in [0.25, 0.3) is 0 Å². The first kappa shape index (κ1) is 13.1. The number of likely N-dealkylation sites (N-methyl/N-ethyl adjacent to an activating group) is 1. The zero-order valence-corrected chi connectivity index (χ0v) is 10.8. The van der Waals surface area contributed by atoms with Crippen molar-refractivity contribution in [3.8, 4) is 11.5 Å². The van der Waals surface area contributed by atoms with Crippen LogP contribution < -0.4 is 15.2 Å². The third-order valence-electron chi connectivity index (χ3n) is 3.14. The van der Waals surface area contributed by atoms with Crippen LogP contribution in [0.15, 0.2) is 18.2 Å². The minimum Gasteiger partial charge on any atom is -0.493 e. The molecule has 18 heavy (non-hydrogen) atoms. The van der Waals surface area contributed by atoms with Gasteiger partial charge in [0.1, 0.15) is 6.10 Å². The number of hydrogen-bond donors (Lipinski definition) is 2. The maximum absolute atomic E-state index is 9.19. The van der Waals surface area contributed by atoms with E-state index in [4.69, 9.17) is 15.2 Å². The summed E-state index contributed by atoms with van der Waals surface area (Å²) in [6.07, 6.45) is 0.163. The molecule has 1 aromatic carbocycles. The number of nitrogens with zero attached hydrogens (tertiary/aromatic N) is 1. The van der Waals surface area contributed by atoms with Crippen LogP contribution in [0.3, 0.4) is 0 Å². The van der Waals surface area contributed by atoms with E-state index in [-0.39, 0.29) is 12.7 Å². The molecule has 1 saturated heterocycles. The van der Waals surface area contributed by atoms with Gasteiger partial charge in [-0.25, -0.2) is 0 Å². The first-order valence-corrected chi connectivity index (χ1v) is 6.04. The Morgan fingerprint density at radius 2 is 2.22 bits per heavy atom. The summed E-state index contributed by atoms with van der Waals surface area (Å²) in [7, 11) is 3.64. The molecule has 1 fully saturated rings. The molecule has 5 nitrogen and oxygen atoms in total. The maximum atomic E-state index is 9.19. The fourth-order valence-electron chi connectivity index (χ4n) is 2.09. The van der Waals surface area contributed by atoms with Crippen molar-refractivity contribution in [3.63, 3.8) is 0 Å². The molecule has 1 aliphatic heterocycles. The topological polar surface area (TPSA) is 68.0 Å². The van der Waals surface area contributed by atoms with Gasteiger partial charge in [0, 0.05) is 18.7 Å². The van der Waals surface area contributed by atoms with E-state index in [1.807, 2.05) is 25.2 Å². The normalized spacial score (nSPS) is 18.2. The van der Waals surface area contributed by atoms with E-state index in [9.17, 15) is 5.11 Å². The summed E-state index contributed by atoms with van der Waals surface area (Å²) < 4.78 is 11.2. The molecule has 3 N–H and O–H groups in total. The predicted octanol–water partition coefficient (Wildman–Crippen LogP) is 0.380. The minimum absolute atomic E-state index is 0.117. The van der Waals surface area contributed by atoms with Crippen LogP contribution in [0.1, 0.15) is 11.6 Å². The first-order chi connectivity index (χ1) is 8.65. The number of benzene rings is 1. The Balaban J connectivity index is 2.23. The quantitative estimate of drug-likeness (QED) is 0.793. The van der Waals surface area contributed by atoms with Crippen LogP contribution >= 0.6 is 0 Å². The lowest BCUT2D eigenvalue weighted by atomic mass is 10.1. The van der Waals surface area contributed by atoms with Gasteiger partial charge in [0.05, 0.1) is 19.8 Å². The van der Waals surface area contributed by atoms with Crippen LogP contribution in [-0.2, 0) is 0 Å². The van der Waals surface area contributed by atoms with Crippen LogP contribution in [0.5, 0.6) is 11.5 Å². The Kier molecular flexibility index (Phi) is 4.06. The molecule has 1 aromatic rings. The maximum Gasteiger partial charge on any atom is 0.166 e. The molecule has 0 spiro atoms. The Morgan fingerprint density at radius 1 is 1.50 bits per heavy atom. The van der Waals surface area contributed by atoms with E-state index in [1.165, 1.54) is 0 Å². The number of nitrogens with two attached hydrogens (primary N) is 1. The first-order valence-electron chi connectivity index (χ1n) is 6.04. The van der Waals surface area contributed by atoms with E-state index < -0.39 is 6.04 Å². The Labute approximate surface area is 107 Å². The lowest BCUT2D eigenvalue weighted by Crippen LogP contribution is -2.51. The molecule has 1 unspecified atom stereocenters. The third kappa shape index (κ3) is 2.58. The Bertz CT molecular complexity index is 405. The molecule has 1 heterocycles. The van der Waals surface area contributed by atoms with Crippen molar-refractivity contribution >= 4 is 0 Å². The number of ether oxygens (including phenoxy) is 2. The van der Waals surface area contributed by atoms with Crippen LogP contribution in [-0.4, -0.2) is 50.0 Å². The standard InChI is InChI=1S/C13H20N2O3/c1-15-6-9(7-15)18-13-10(11(14)8-16)4-3-5-12(13)17-2/h3-5,9,11,16H,6-8,14H2,1-2H3. The van der Waals surface area contributed by atoms with Crippen molar-refractivity contribution in [2.45, 2.75) is 12.1 Å². The average molecular weight is 252 g/mol. The van der Waals surface area contributed by atoms with E-state index in [2.05, 4.69) is 4.90 Å². The number of methoxy groups -OCH3 is 1. The lowest BCUT2D eigenvalue weighted by molar-refractivity contribution is 0.0357. The highest BCUT2D eigenvalue weighted by Crippen LogP contribution is 2.35. The highest BCUT2D eigenvalue weighted by molar-refractivity contribution is 5.48. The molecule has 100 valence electrons. The monoisotopic (exact) mass is 252 g/mol. The molecule has 1 aliphatic rings. The zero-order valence-electron chi connectivity index (χ0n) is 10.8. The zero-order chi connectivity index (χ0) is 13.1. The molecule has 0 aliphatic carbocycles. The molecule has 5 heteroatoms. The Morgan fingerprint density at radius 3 is 2.78 bits per heavy atom. The van der Waals surface area contributed by atoms with E-state index >= 15 is 0 Å². The molecule has 0 bridgehead atoms. The second-order valence-electron chi connectivity index (χ2n) is 4.63. The smallest absolute Gasteiger partial charge is 0.166 e. The summed E-state index contributed by atoms with van der Waals surface area (Å²) in [6, 6.07) is 5.10. The lowest BCUT2D eigenvalue weighted by Gasteiger charge is -2.37. The summed E-state index contributed by atoms with van der Waals surface area (Å²) in [5, 5.41) is 9.19. The van der Waals surface area contributed by atoms with Crippen molar-refractivity contribution < 1.29 is 14.6 Å². The number of aliphatic hydroxyl groups excluding tert-OH is 1. The largest absolute Gasteiger partial charge is 0.493 e. The van der Waals surface area contributed by atoms with Crippen molar-refractivity contribution in [2.75, 3.05) is 33.9 Å².